The molecule has 0 bridgehead atoms. The summed E-state index contributed by atoms with van der Waals surface area (Å²) in [5, 5.41) is 10.0. The molecule has 0 fully saturated rings. The Morgan fingerprint density at radius 2 is 1.75 bits per heavy atom. The number of para-hydroxylation sites is 1. The van der Waals surface area contributed by atoms with Gasteiger partial charge in [-0.3, -0.25) is 19.2 Å². The Kier molecular flexibility index (Phi) is 14.0. The van der Waals surface area contributed by atoms with E-state index in [2.05, 4.69) is 42.4 Å². The van der Waals surface area contributed by atoms with E-state index >= 15 is 0 Å². The second-order valence-corrected chi connectivity index (χ2v) is 17.1. The van der Waals surface area contributed by atoms with Gasteiger partial charge in [-0.15, -0.1) is 11.3 Å². The third kappa shape index (κ3) is 10.1. The van der Waals surface area contributed by atoms with Crippen LogP contribution in [0.25, 0.3) is 10.1 Å². The standard InChI is InChI=1S/C45H51N6O6S.Y/c1-45(2,27-46-3)16-15-33(52)22-34-20-29-18-30(13-14-41(29)58-34)48-43(54)38-21-31(25-49(38)4)47-42(53)12-9-17-57-40-24-37-35(23-39(40)56-6)44(55)51-32(26-50(37)5)19-28-10-7-8-11-36(28)51;/h7-8,10-11,13-14,18,20-21,23-26,32,46H,9,12,15-17,19,22,27H2,1-6H3,(H,47,53)(H,48,54);/q-1;/t32-;/m0./s1. The number of methoxy groups -OCH3 is 1. The molecule has 14 heteroatoms. The average Bonchev–Trinajstić information content (AvgIpc) is 3.86. The Balaban J connectivity index is 0.00000585. The van der Waals surface area contributed by atoms with Crippen LogP contribution in [0.15, 0.2) is 72.9 Å². The smallest absolute Gasteiger partial charge is 0.272 e. The summed E-state index contributed by atoms with van der Waals surface area (Å²) in [5.41, 5.74) is 4.90. The molecule has 4 heterocycles. The molecule has 0 saturated heterocycles. The molecule has 3 N–H and O–H groups in total. The van der Waals surface area contributed by atoms with Crippen molar-refractivity contribution in [2.75, 3.05) is 54.8 Å². The first kappa shape index (κ1) is 44.0. The van der Waals surface area contributed by atoms with Crippen molar-refractivity contribution in [2.45, 2.75) is 58.4 Å². The van der Waals surface area contributed by atoms with Crippen LogP contribution in [-0.4, -0.2) is 68.5 Å². The van der Waals surface area contributed by atoms with Crippen LogP contribution in [0.2, 0.25) is 0 Å². The Morgan fingerprint density at radius 3 is 2.53 bits per heavy atom. The molecule has 2 aromatic heterocycles. The second kappa shape index (κ2) is 18.8. The quantitative estimate of drug-likeness (QED) is 0.0681. The van der Waals surface area contributed by atoms with E-state index in [1.54, 1.807) is 48.4 Å². The number of thiophene rings is 1. The minimum atomic E-state index is -0.310. The second-order valence-electron chi connectivity index (χ2n) is 15.9. The van der Waals surface area contributed by atoms with Crippen LogP contribution in [0.1, 0.15) is 70.8 Å². The number of rotatable bonds is 16. The fraction of sp³-hybridized carbons (Fsp3) is 0.356. The van der Waals surface area contributed by atoms with E-state index < -0.39 is 0 Å². The van der Waals surface area contributed by atoms with E-state index in [0.29, 0.717) is 53.4 Å². The maximum Gasteiger partial charge on any atom is 0.272 e. The molecule has 2 aliphatic rings. The first-order valence-corrected chi connectivity index (χ1v) is 20.4. The number of anilines is 4. The Bertz CT molecular complexity index is 2370. The number of nitrogens with zero attached hydrogens (tertiary/aromatic N) is 3. The zero-order chi connectivity index (χ0) is 41.1. The molecule has 1 radical (unpaired) electrons. The van der Waals surface area contributed by atoms with Crippen LogP contribution in [0.3, 0.4) is 0 Å². The summed E-state index contributed by atoms with van der Waals surface area (Å²) in [6, 6.07) is 20.8. The van der Waals surface area contributed by atoms with Crippen molar-refractivity contribution < 1.29 is 61.4 Å². The molecule has 0 aliphatic carbocycles. The largest absolute Gasteiger partial charge is 0.522 e. The van der Waals surface area contributed by atoms with E-state index in [4.69, 9.17) is 9.47 Å². The van der Waals surface area contributed by atoms with Crippen molar-refractivity contribution in [3.63, 3.8) is 0 Å². The molecule has 307 valence electrons. The third-order valence-corrected chi connectivity index (χ3v) is 11.9. The maximum absolute atomic E-state index is 13.9. The number of hydrogen-bond donors (Lipinski definition) is 3. The van der Waals surface area contributed by atoms with Crippen molar-refractivity contribution in [1.29, 1.82) is 0 Å². The van der Waals surface area contributed by atoms with Crippen LogP contribution in [0.4, 0.5) is 22.7 Å². The van der Waals surface area contributed by atoms with Gasteiger partial charge in [0, 0.05) is 97.9 Å². The topological polar surface area (TPSA) is 134 Å². The number of carbonyl (C=O) groups is 4. The van der Waals surface area contributed by atoms with Gasteiger partial charge in [0.25, 0.3) is 11.8 Å². The zero-order valence-corrected chi connectivity index (χ0v) is 38.2. The number of hydrogen-bond acceptors (Lipinski definition) is 9. The van der Waals surface area contributed by atoms with Crippen molar-refractivity contribution in [3.05, 3.63) is 101 Å². The number of likely N-dealkylation sites (N-methyl/N-ethyl adjacent to an activating group) is 1. The molecule has 59 heavy (non-hydrogen) atoms. The molecule has 2 aliphatic heterocycles. The number of amides is 3. The van der Waals surface area contributed by atoms with E-state index in [9.17, 15) is 19.2 Å². The minimum absolute atomic E-state index is 0. The fourth-order valence-corrected chi connectivity index (χ4v) is 8.90. The van der Waals surface area contributed by atoms with Crippen LogP contribution in [0, 0.1) is 12.0 Å². The van der Waals surface area contributed by atoms with Gasteiger partial charge in [-0.2, -0.15) is 0 Å². The molecule has 5 aromatic rings. The summed E-state index contributed by atoms with van der Waals surface area (Å²) in [6.07, 6.45) is 4.84. The summed E-state index contributed by atoms with van der Waals surface area (Å²) in [7, 11) is 7.15. The summed E-state index contributed by atoms with van der Waals surface area (Å²) in [5.74, 6) is 0.534. The Labute approximate surface area is 374 Å². The zero-order valence-electron chi connectivity index (χ0n) is 34.5. The van der Waals surface area contributed by atoms with Crippen molar-refractivity contribution >= 4 is 67.7 Å². The van der Waals surface area contributed by atoms with Crippen LogP contribution >= 0.6 is 11.3 Å². The molecule has 3 amide bonds. The van der Waals surface area contributed by atoms with Gasteiger partial charge >= 0.3 is 0 Å². The number of nitrogens with one attached hydrogen (secondary N) is 3. The van der Waals surface area contributed by atoms with Crippen molar-refractivity contribution in [3.8, 4) is 11.5 Å². The number of benzene rings is 3. The number of fused-ring (bicyclic) bond motifs is 5. The predicted molar refractivity (Wildman–Crippen MR) is 231 cm³/mol. The van der Waals surface area contributed by atoms with E-state index in [0.717, 1.165) is 51.3 Å². The molecular weight excluding hydrogens is 842 g/mol. The monoisotopic (exact) mass is 892 g/mol. The number of aryl methyl sites for hydroxylation is 1. The van der Waals surface area contributed by atoms with Crippen LogP contribution in [0.5, 0.6) is 11.5 Å². The third-order valence-electron chi connectivity index (χ3n) is 10.8. The van der Waals surface area contributed by atoms with Crippen molar-refractivity contribution in [1.82, 2.24) is 9.88 Å². The molecule has 0 spiro atoms. The van der Waals surface area contributed by atoms with Gasteiger partial charge in [0.2, 0.25) is 5.91 Å². The summed E-state index contributed by atoms with van der Waals surface area (Å²) < 4.78 is 14.5. The SMILES string of the molecule is CNCC(C)(C)CCC(=O)Cc1cc2cc(NC(=O)c3cc(NC(=O)CCCOc4cc5c(cc4OC)C(=O)N4c6ccccc6C[C@H]4[CH-]N5C)cn3C)ccc2s1.[Y]. The first-order chi connectivity index (χ1) is 27.8. The number of ketones is 1. The molecular formula is C45H51N6O6SY-. The first-order valence-electron chi connectivity index (χ1n) is 19.6. The van der Waals surface area contributed by atoms with E-state index in [1.807, 2.05) is 72.4 Å². The van der Waals surface area contributed by atoms with Gasteiger partial charge in [-0.05, 0) is 98.7 Å². The average molecular weight is 893 g/mol. The molecule has 12 nitrogen and oxygen atoms in total. The van der Waals surface area contributed by atoms with Gasteiger partial charge < -0.3 is 39.8 Å². The predicted octanol–water partition coefficient (Wildman–Crippen LogP) is 7.62. The van der Waals surface area contributed by atoms with Gasteiger partial charge in [0.1, 0.15) is 11.5 Å². The molecule has 0 unspecified atom stereocenters. The maximum atomic E-state index is 13.9. The Hall–Kier alpha value is -4.56. The van der Waals surface area contributed by atoms with Crippen LogP contribution < -0.4 is 35.2 Å². The number of ether oxygens (including phenoxy) is 2. The normalized spacial score (nSPS) is 14.5. The van der Waals surface area contributed by atoms with Gasteiger partial charge in [-0.25, -0.2) is 6.54 Å². The Morgan fingerprint density at radius 1 is 0.949 bits per heavy atom. The van der Waals surface area contributed by atoms with E-state index in [1.165, 1.54) is 0 Å². The summed E-state index contributed by atoms with van der Waals surface area (Å²) >= 11 is 1.60. The van der Waals surface area contributed by atoms with E-state index in [-0.39, 0.29) is 80.7 Å². The number of carbonyl (C=O) groups excluding carboxylic acids is 4. The molecule has 3 aromatic carbocycles. The van der Waals surface area contributed by atoms with Gasteiger partial charge in [0.15, 0.2) is 11.5 Å². The van der Waals surface area contributed by atoms with Gasteiger partial charge in [0.05, 0.1) is 25.0 Å². The molecule has 1 atom stereocenters. The summed E-state index contributed by atoms with van der Waals surface area (Å²) in [4.78, 5) is 57.7. The van der Waals surface area contributed by atoms with Crippen LogP contribution in [-0.2, 0) is 62.2 Å². The number of Topliss-reactive ketones (excluding diaryl/α,β-unsaturated/α-hetero) is 1. The van der Waals surface area contributed by atoms with Gasteiger partial charge in [-0.1, -0.05) is 38.1 Å². The molecule has 0 saturated carbocycles. The molecule has 7 rings (SSSR count). The van der Waals surface area contributed by atoms with Crippen molar-refractivity contribution in [2.24, 2.45) is 12.5 Å². The number of aromatic nitrogens is 1. The fourth-order valence-electron chi connectivity index (χ4n) is 7.83. The minimum Gasteiger partial charge on any atom is -0.522 e. The summed E-state index contributed by atoms with van der Waals surface area (Å²) in [6.45, 7) is 7.50.